The predicted molar refractivity (Wildman–Crippen MR) is 144 cm³/mol. The van der Waals surface area contributed by atoms with Gasteiger partial charge in [0.25, 0.3) is 0 Å². The summed E-state index contributed by atoms with van der Waals surface area (Å²) in [5, 5.41) is 3.55. The molecule has 0 radical (unpaired) electrons. The van der Waals surface area contributed by atoms with Crippen LogP contribution in [0.5, 0.6) is 0 Å². The molecule has 0 unspecified atom stereocenters. The summed E-state index contributed by atoms with van der Waals surface area (Å²) in [6, 6.07) is 0. The lowest BCUT2D eigenvalue weighted by Gasteiger charge is -2.33. The Balaban J connectivity index is 1.78. The van der Waals surface area contributed by atoms with Gasteiger partial charge in [0.15, 0.2) is 0 Å². The monoisotopic (exact) mass is 498 g/mol. The summed E-state index contributed by atoms with van der Waals surface area (Å²) < 4.78 is 36.3. The van der Waals surface area contributed by atoms with Gasteiger partial charge in [-0.15, -0.1) is 0 Å². The third-order valence-electron chi connectivity index (χ3n) is 6.00. The minimum atomic E-state index is -1.69. The summed E-state index contributed by atoms with van der Waals surface area (Å²) in [4.78, 5) is 0. The van der Waals surface area contributed by atoms with E-state index in [2.05, 4.69) is 58.9 Å². The summed E-state index contributed by atoms with van der Waals surface area (Å²) in [6.07, 6.45) is 10.8. The molecular weight excluding hydrogens is 465 g/mol. The molecule has 12 heteroatoms. The van der Waals surface area contributed by atoms with Gasteiger partial charge in [0.2, 0.25) is 0 Å². The third-order valence-corrected chi connectivity index (χ3v) is 12.1. The Bertz CT molecular complexity index is 961. The maximum Gasteiger partial charge on any atom is 0.470 e. The fourth-order valence-corrected chi connectivity index (χ4v) is 8.56. The molecule has 0 saturated carbocycles. The lowest BCUT2D eigenvalue weighted by molar-refractivity contribution is 0.308. The van der Waals surface area contributed by atoms with E-state index in [1.54, 1.807) is 18.8 Å². The quantitative estimate of drug-likeness (QED) is 0.482. The molecule has 0 spiro atoms. The maximum atomic E-state index is 6.46. The van der Waals surface area contributed by atoms with Crippen LogP contribution in [0, 0.1) is 0 Å². The summed E-state index contributed by atoms with van der Waals surface area (Å²) in [5.74, 6) is 0. The van der Waals surface area contributed by atoms with E-state index < -0.39 is 45.6 Å². The van der Waals surface area contributed by atoms with Gasteiger partial charge >= 0.3 is 21.4 Å². The van der Waals surface area contributed by atoms with Gasteiger partial charge in [-0.2, -0.15) is 0 Å². The van der Waals surface area contributed by atoms with Gasteiger partial charge < -0.3 is 27.0 Å². The van der Waals surface area contributed by atoms with Crippen molar-refractivity contribution >= 4 is 77.5 Å². The molecule has 33 heavy (non-hydrogen) atoms. The molecule has 0 N–H and O–H groups in total. The minimum Gasteiger partial charge on any atom is -0.473 e. The van der Waals surface area contributed by atoms with Gasteiger partial charge in [0.1, 0.15) is 0 Å². The number of hydrogen-bond donors (Lipinski definition) is 0. The summed E-state index contributed by atoms with van der Waals surface area (Å²) in [5.41, 5.74) is 2.80. The number of furan rings is 3. The van der Waals surface area contributed by atoms with Crippen LogP contribution in [0.25, 0.3) is 0 Å². The van der Waals surface area contributed by atoms with E-state index in [0.717, 1.165) is 16.4 Å². The Kier molecular flexibility index (Phi) is 6.47. The summed E-state index contributed by atoms with van der Waals surface area (Å²) in [7, 11) is -6.92. The summed E-state index contributed by atoms with van der Waals surface area (Å²) >= 11 is 0. The average molecular weight is 498 g/mol. The van der Waals surface area contributed by atoms with Crippen LogP contribution in [0.3, 0.4) is 0 Å². The fraction of sp³-hybridized carbons (Fsp3) is 0.429. The van der Waals surface area contributed by atoms with Crippen molar-refractivity contribution in [1.29, 1.82) is 0 Å². The molecule has 0 amide bonds. The van der Waals surface area contributed by atoms with Crippen LogP contribution >= 0.6 is 0 Å². The van der Waals surface area contributed by atoms with Crippen LogP contribution in [0.2, 0.25) is 58.9 Å². The molecule has 1 aliphatic heterocycles. The van der Waals surface area contributed by atoms with Crippen LogP contribution in [-0.4, -0.2) is 45.6 Å². The minimum absolute atomic E-state index is 0.622. The zero-order valence-electron chi connectivity index (χ0n) is 21.1. The van der Waals surface area contributed by atoms with Crippen molar-refractivity contribution in [3.05, 3.63) is 37.6 Å². The van der Waals surface area contributed by atoms with Crippen molar-refractivity contribution < 1.29 is 27.0 Å². The lowest BCUT2D eigenvalue weighted by Crippen LogP contribution is -2.68. The second-order valence-electron chi connectivity index (χ2n) is 11.9. The Labute approximate surface area is 200 Å². The summed E-state index contributed by atoms with van der Waals surface area (Å²) in [6.45, 7) is 20.6. The van der Waals surface area contributed by atoms with Crippen molar-refractivity contribution in [3.63, 3.8) is 0 Å². The first-order valence-corrected chi connectivity index (χ1v) is 21.9. The van der Waals surface area contributed by atoms with Crippen molar-refractivity contribution in [2.24, 2.45) is 0 Å². The first-order valence-electron chi connectivity index (χ1n) is 11.4. The number of rotatable bonds is 6. The average Bonchev–Trinajstić information content (AvgIpc) is 3.46. The van der Waals surface area contributed by atoms with Crippen LogP contribution in [0.1, 0.15) is 0 Å². The van der Waals surface area contributed by atoms with E-state index >= 15 is 0 Å². The molecule has 3 aromatic heterocycles. The van der Waals surface area contributed by atoms with E-state index in [9.17, 15) is 0 Å². The van der Waals surface area contributed by atoms with Gasteiger partial charge in [-0.25, -0.2) is 0 Å². The van der Waals surface area contributed by atoms with Gasteiger partial charge in [-0.3, -0.25) is 0 Å². The Morgan fingerprint density at radius 3 is 0.879 bits per heavy atom. The second kappa shape index (κ2) is 8.65. The molecule has 0 bridgehead atoms. The zero-order valence-corrected chi connectivity index (χ0v) is 24.1. The SMILES string of the molecule is C[Si](C)(C)c1cocc1B1OB(c2cocc2[Si](C)(C)C)OB(c2cocc2[Si](C)(C)C)O1. The fourth-order valence-electron chi connectivity index (χ4n) is 4.17. The van der Waals surface area contributed by atoms with Gasteiger partial charge in [-0.1, -0.05) is 58.9 Å². The predicted octanol–water partition coefficient (Wildman–Crippen LogP) is 1.65. The lowest BCUT2D eigenvalue weighted by atomic mass is 9.62. The standard InChI is InChI=1S/C21H33B3O6Si3/c1-31(2,3)19-13-25-10-16(19)22-28-23(17-11-26-14-20(17)32(4,5)6)30-24(29-22)18-12-27-15-21(18)33(7,8)9/h10-15H,1-9H3. The number of hydrogen-bond acceptors (Lipinski definition) is 6. The van der Waals surface area contributed by atoms with Crippen molar-refractivity contribution in [3.8, 4) is 0 Å². The molecule has 1 aliphatic rings. The normalized spacial score (nSPS) is 16.1. The van der Waals surface area contributed by atoms with E-state index in [-0.39, 0.29) is 0 Å². The molecule has 4 rings (SSSR count). The van der Waals surface area contributed by atoms with Crippen LogP contribution < -0.4 is 31.9 Å². The van der Waals surface area contributed by atoms with Crippen molar-refractivity contribution in [2.45, 2.75) is 58.9 Å². The molecule has 6 nitrogen and oxygen atoms in total. The largest absolute Gasteiger partial charge is 0.473 e. The smallest absolute Gasteiger partial charge is 0.470 e. The van der Waals surface area contributed by atoms with Gasteiger partial charge in [-0.05, 0) is 15.6 Å². The highest BCUT2D eigenvalue weighted by Crippen LogP contribution is 2.14. The second-order valence-corrected chi connectivity index (χ2v) is 27.0. The molecular formula is C21H33B3O6Si3. The van der Waals surface area contributed by atoms with Crippen molar-refractivity contribution in [1.82, 2.24) is 0 Å². The van der Waals surface area contributed by atoms with E-state index in [1.165, 1.54) is 15.6 Å². The molecule has 4 heterocycles. The molecule has 1 fully saturated rings. The van der Waals surface area contributed by atoms with E-state index in [0.29, 0.717) is 0 Å². The van der Waals surface area contributed by atoms with Crippen molar-refractivity contribution in [2.75, 3.05) is 0 Å². The first-order chi connectivity index (χ1) is 15.3. The first kappa shape index (κ1) is 24.7. The Morgan fingerprint density at radius 1 is 0.424 bits per heavy atom. The highest BCUT2D eigenvalue weighted by molar-refractivity contribution is 6.99. The van der Waals surface area contributed by atoms with Crippen LogP contribution in [-0.2, 0) is 13.7 Å². The van der Waals surface area contributed by atoms with E-state index in [4.69, 9.17) is 27.0 Å². The third kappa shape index (κ3) is 5.01. The molecule has 174 valence electrons. The van der Waals surface area contributed by atoms with Crippen LogP contribution in [0.4, 0.5) is 0 Å². The molecule has 0 aliphatic carbocycles. The highest BCUT2D eigenvalue weighted by Gasteiger charge is 2.49. The van der Waals surface area contributed by atoms with E-state index in [1.807, 2.05) is 18.8 Å². The highest BCUT2D eigenvalue weighted by atomic mass is 28.3. The zero-order chi connectivity index (χ0) is 24.2. The molecule has 1 saturated heterocycles. The Hall–Kier alpha value is -1.43. The molecule has 0 atom stereocenters. The molecule has 3 aromatic rings. The topological polar surface area (TPSA) is 67.1 Å². The van der Waals surface area contributed by atoms with Gasteiger partial charge in [0.05, 0.1) is 61.8 Å². The maximum absolute atomic E-state index is 6.46. The Morgan fingerprint density at radius 2 is 0.667 bits per heavy atom. The van der Waals surface area contributed by atoms with Crippen LogP contribution in [0.15, 0.2) is 50.8 Å². The van der Waals surface area contributed by atoms with Gasteiger partial charge in [0, 0.05) is 16.4 Å². The molecule has 0 aromatic carbocycles.